The summed E-state index contributed by atoms with van der Waals surface area (Å²) in [5, 5.41) is 7.61. The van der Waals surface area contributed by atoms with Crippen molar-refractivity contribution in [3.63, 3.8) is 0 Å². The van der Waals surface area contributed by atoms with E-state index in [9.17, 15) is 0 Å². The molecule has 0 aliphatic carbocycles. The van der Waals surface area contributed by atoms with E-state index < -0.39 is 0 Å². The zero-order chi connectivity index (χ0) is 26.6. The van der Waals surface area contributed by atoms with Crippen LogP contribution in [0.5, 0.6) is 0 Å². The predicted molar refractivity (Wildman–Crippen MR) is 174 cm³/mol. The molecule has 8 rings (SSSR count). The second-order valence-corrected chi connectivity index (χ2v) is 11.2. The maximum absolute atomic E-state index is 3.56. The Kier molecular flexibility index (Phi) is 5.36. The number of fused-ring (bicyclic) bond motifs is 6. The summed E-state index contributed by atoms with van der Waals surface area (Å²) >= 11 is 3.56. The van der Waals surface area contributed by atoms with E-state index in [1.165, 1.54) is 71.3 Å². The van der Waals surface area contributed by atoms with Gasteiger partial charge >= 0.3 is 0 Å². The number of hydrogen-bond donors (Lipinski definition) is 0. The van der Waals surface area contributed by atoms with E-state index in [0.717, 1.165) is 4.47 Å². The number of hydrogen-bond acceptors (Lipinski definition) is 0. The SMILES string of the molecule is Brc1ccc(-c2cccc(-c3ccc4c(c3)c3c5ccccc5ccc3n4-c3cccc4ccccc34)c2)cc1. The molecule has 1 aromatic heterocycles. The summed E-state index contributed by atoms with van der Waals surface area (Å²) in [5.74, 6) is 0. The van der Waals surface area contributed by atoms with Crippen molar-refractivity contribution in [3.05, 3.63) is 150 Å². The summed E-state index contributed by atoms with van der Waals surface area (Å²) in [6, 6.07) is 52.9. The van der Waals surface area contributed by atoms with E-state index in [0.29, 0.717) is 0 Å². The maximum Gasteiger partial charge on any atom is 0.0547 e. The minimum atomic E-state index is 1.09. The van der Waals surface area contributed by atoms with Gasteiger partial charge in [0.05, 0.1) is 16.7 Å². The van der Waals surface area contributed by atoms with Crippen LogP contribution in [0.1, 0.15) is 0 Å². The molecule has 0 radical (unpaired) electrons. The molecule has 0 spiro atoms. The average Bonchev–Trinajstić information content (AvgIpc) is 3.35. The van der Waals surface area contributed by atoms with Gasteiger partial charge in [-0.05, 0) is 80.9 Å². The molecule has 0 fully saturated rings. The first-order valence-corrected chi connectivity index (χ1v) is 14.3. The first-order chi connectivity index (χ1) is 19.7. The van der Waals surface area contributed by atoms with Crippen molar-refractivity contribution in [2.75, 3.05) is 0 Å². The summed E-state index contributed by atoms with van der Waals surface area (Å²) in [6.07, 6.45) is 0. The topological polar surface area (TPSA) is 4.93 Å². The summed E-state index contributed by atoms with van der Waals surface area (Å²) in [4.78, 5) is 0. The van der Waals surface area contributed by atoms with Crippen molar-refractivity contribution in [2.24, 2.45) is 0 Å². The Morgan fingerprint density at radius 2 is 1.00 bits per heavy atom. The number of aromatic nitrogens is 1. The maximum atomic E-state index is 3.56. The Balaban J connectivity index is 1.42. The lowest BCUT2D eigenvalue weighted by Crippen LogP contribution is -1.95. The molecule has 0 saturated carbocycles. The lowest BCUT2D eigenvalue weighted by molar-refractivity contribution is 1.20. The van der Waals surface area contributed by atoms with Gasteiger partial charge in [0.15, 0.2) is 0 Å². The van der Waals surface area contributed by atoms with Crippen molar-refractivity contribution in [1.29, 1.82) is 0 Å². The van der Waals surface area contributed by atoms with Crippen molar-refractivity contribution < 1.29 is 0 Å². The van der Waals surface area contributed by atoms with Crippen LogP contribution in [0.4, 0.5) is 0 Å². The Bertz CT molecular complexity index is 2220. The van der Waals surface area contributed by atoms with E-state index in [2.05, 4.69) is 166 Å². The Morgan fingerprint density at radius 3 is 1.82 bits per heavy atom. The number of rotatable bonds is 3. The summed E-state index contributed by atoms with van der Waals surface area (Å²) in [7, 11) is 0. The molecule has 0 atom stereocenters. The fourth-order valence-corrected chi connectivity index (χ4v) is 6.42. The highest BCUT2D eigenvalue weighted by molar-refractivity contribution is 9.10. The molecule has 0 aliphatic rings. The van der Waals surface area contributed by atoms with Gasteiger partial charge in [-0.25, -0.2) is 0 Å². The van der Waals surface area contributed by atoms with Crippen LogP contribution in [0, 0.1) is 0 Å². The molecule has 2 heteroatoms. The highest BCUT2D eigenvalue weighted by Crippen LogP contribution is 2.40. The van der Waals surface area contributed by atoms with Gasteiger partial charge in [0.2, 0.25) is 0 Å². The lowest BCUT2D eigenvalue weighted by atomic mass is 9.97. The van der Waals surface area contributed by atoms with E-state index >= 15 is 0 Å². The molecular formula is C38H24BrN. The second kappa shape index (κ2) is 9.22. The monoisotopic (exact) mass is 573 g/mol. The van der Waals surface area contributed by atoms with Crippen molar-refractivity contribution in [2.45, 2.75) is 0 Å². The predicted octanol–water partition coefficient (Wildman–Crippen LogP) is 11.2. The molecule has 188 valence electrons. The van der Waals surface area contributed by atoms with E-state index in [1.807, 2.05) is 0 Å². The molecule has 0 unspecified atom stereocenters. The third kappa shape index (κ3) is 3.68. The Labute approximate surface area is 241 Å². The molecule has 0 saturated heterocycles. The van der Waals surface area contributed by atoms with E-state index in [1.54, 1.807) is 0 Å². The lowest BCUT2D eigenvalue weighted by Gasteiger charge is -2.12. The van der Waals surface area contributed by atoms with Crippen LogP contribution in [0.15, 0.2) is 150 Å². The van der Waals surface area contributed by atoms with Crippen LogP contribution in [0.3, 0.4) is 0 Å². The second-order valence-electron chi connectivity index (χ2n) is 10.3. The molecule has 1 nitrogen and oxygen atoms in total. The van der Waals surface area contributed by atoms with Gasteiger partial charge in [-0.1, -0.05) is 119 Å². The van der Waals surface area contributed by atoms with Gasteiger partial charge in [-0.15, -0.1) is 0 Å². The van der Waals surface area contributed by atoms with Crippen LogP contribution < -0.4 is 0 Å². The molecule has 0 amide bonds. The standard InChI is InChI=1S/C38H24BrN/c39-31-19-15-25(16-20-31)28-10-5-11-29(23-28)30-18-21-36-34(24-30)38-33-13-4-2-8-27(33)17-22-37(38)40(36)35-14-6-9-26-7-1-3-12-32(26)35/h1-24H. The van der Waals surface area contributed by atoms with Gasteiger partial charge in [0.1, 0.15) is 0 Å². The van der Waals surface area contributed by atoms with Gasteiger partial charge in [0, 0.05) is 20.6 Å². The summed E-state index contributed by atoms with van der Waals surface area (Å²) in [5.41, 5.74) is 8.52. The highest BCUT2D eigenvalue weighted by atomic mass is 79.9. The van der Waals surface area contributed by atoms with Crippen molar-refractivity contribution >= 4 is 59.3 Å². The Hall–Kier alpha value is -4.66. The molecule has 40 heavy (non-hydrogen) atoms. The van der Waals surface area contributed by atoms with Gasteiger partial charge in [0.25, 0.3) is 0 Å². The van der Waals surface area contributed by atoms with Crippen LogP contribution in [-0.4, -0.2) is 4.57 Å². The molecular weight excluding hydrogens is 550 g/mol. The largest absolute Gasteiger partial charge is 0.309 e. The molecule has 0 N–H and O–H groups in total. The molecule has 1 heterocycles. The minimum Gasteiger partial charge on any atom is -0.309 e. The third-order valence-corrected chi connectivity index (χ3v) is 8.56. The zero-order valence-electron chi connectivity index (χ0n) is 21.7. The molecule has 8 aromatic rings. The quantitative estimate of drug-likeness (QED) is 0.198. The number of halogens is 1. The average molecular weight is 575 g/mol. The first kappa shape index (κ1) is 23.2. The normalized spacial score (nSPS) is 11.6. The minimum absolute atomic E-state index is 1.09. The number of nitrogens with zero attached hydrogens (tertiary/aromatic N) is 1. The van der Waals surface area contributed by atoms with E-state index in [4.69, 9.17) is 0 Å². The molecule has 0 bridgehead atoms. The van der Waals surface area contributed by atoms with Crippen molar-refractivity contribution in [1.82, 2.24) is 4.57 Å². The van der Waals surface area contributed by atoms with Gasteiger partial charge < -0.3 is 4.57 Å². The van der Waals surface area contributed by atoms with Crippen LogP contribution >= 0.6 is 15.9 Å². The molecule has 0 aliphatic heterocycles. The zero-order valence-corrected chi connectivity index (χ0v) is 23.3. The van der Waals surface area contributed by atoms with E-state index in [-0.39, 0.29) is 0 Å². The fraction of sp³-hybridized carbons (Fsp3) is 0. The summed E-state index contributed by atoms with van der Waals surface area (Å²) in [6.45, 7) is 0. The van der Waals surface area contributed by atoms with Crippen LogP contribution in [-0.2, 0) is 0 Å². The summed E-state index contributed by atoms with van der Waals surface area (Å²) < 4.78 is 3.54. The fourth-order valence-electron chi connectivity index (χ4n) is 6.15. The number of benzene rings is 7. The highest BCUT2D eigenvalue weighted by Gasteiger charge is 2.17. The van der Waals surface area contributed by atoms with Crippen LogP contribution in [0.2, 0.25) is 0 Å². The van der Waals surface area contributed by atoms with Gasteiger partial charge in [-0.3, -0.25) is 0 Å². The van der Waals surface area contributed by atoms with Crippen LogP contribution in [0.25, 0.3) is 71.3 Å². The van der Waals surface area contributed by atoms with Crippen molar-refractivity contribution in [3.8, 4) is 27.9 Å². The smallest absolute Gasteiger partial charge is 0.0547 e. The Morgan fingerprint density at radius 1 is 0.400 bits per heavy atom. The molecule has 7 aromatic carbocycles. The third-order valence-electron chi connectivity index (χ3n) is 8.04. The van der Waals surface area contributed by atoms with Gasteiger partial charge in [-0.2, -0.15) is 0 Å². The first-order valence-electron chi connectivity index (χ1n) is 13.5.